The molecular formula is C22H17F2N5O4PS+. The van der Waals surface area contributed by atoms with Crippen molar-refractivity contribution < 1.29 is 27.8 Å². The summed E-state index contributed by atoms with van der Waals surface area (Å²) in [5.74, 6) is -2.53. The van der Waals surface area contributed by atoms with Crippen LogP contribution in [0.3, 0.4) is 0 Å². The van der Waals surface area contributed by atoms with Gasteiger partial charge in [0.1, 0.15) is 24.3 Å². The summed E-state index contributed by atoms with van der Waals surface area (Å²) in [7, 11) is -3.22. The molecule has 3 atom stereocenters. The van der Waals surface area contributed by atoms with Gasteiger partial charge in [0.15, 0.2) is 5.60 Å². The Morgan fingerprint density at radius 1 is 1.29 bits per heavy atom. The van der Waals surface area contributed by atoms with Gasteiger partial charge >= 0.3 is 8.25 Å². The molecule has 2 aromatic heterocycles. The molecule has 0 aliphatic rings. The van der Waals surface area contributed by atoms with Crippen molar-refractivity contribution in [1.29, 1.82) is 5.26 Å². The zero-order valence-electron chi connectivity index (χ0n) is 18.1. The second-order valence-corrected chi connectivity index (χ2v) is 9.00. The van der Waals surface area contributed by atoms with E-state index in [4.69, 9.17) is 10.1 Å². The highest BCUT2D eigenvalue weighted by Gasteiger charge is 2.48. The maximum Gasteiger partial charge on any atom is 0.726 e. The van der Waals surface area contributed by atoms with Gasteiger partial charge in [-0.1, -0.05) is 25.1 Å². The van der Waals surface area contributed by atoms with Crippen LogP contribution in [0, 0.1) is 23.0 Å². The molecule has 4 aromatic rings. The second kappa shape index (κ2) is 10.4. The lowest BCUT2D eigenvalue weighted by Gasteiger charge is -2.35. The molecule has 2 heterocycles. The predicted octanol–water partition coefficient (Wildman–Crippen LogP) is 4.85. The Morgan fingerprint density at radius 3 is 2.69 bits per heavy atom. The van der Waals surface area contributed by atoms with Crippen molar-refractivity contribution >= 4 is 19.6 Å². The van der Waals surface area contributed by atoms with Crippen LogP contribution in [0.5, 0.6) is 0 Å². The lowest BCUT2D eigenvalue weighted by molar-refractivity contribution is -0.312. The highest BCUT2D eigenvalue weighted by Crippen LogP contribution is 2.45. The average Bonchev–Trinajstić information content (AvgIpc) is 3.54. The van der Waals surface area contributed by atoms with E-state index in [-0.39, 0.29) is 12.1 Å². The lowest BCUT2D eigenvalue weighted by Crippen LogP contribution is -2.40. The van der Waals surface area contributed by atoms with Gasteiger partial charge in [0, 0.05) is 33.1 Å². The molecule has 0 fully saturated rings. The molecule has 0 saturated heterocycles. The third-order valence-electron chi connectivity index (χ3n) is 5.40. The Hall–Kier alpha value is -3.46. The first-order valence-corrected chi connectivity index (χ1v) is 12.1. The van der Waals surface area contributed by atoms with E-state index in [0.717, 1.165) is 11.6 Å². The molecule has 2 aromatic carbocycles. The fourth-order valence-corrected chi connectivity index (χ4v) is 4.78. The maximum absolute atomic E-state index is 15.1. The highest BCUT2D eigenvalue weighted by atomic mass is 32.1. The smallest absolute Gasteiger partial charge is 0.250 e. The van der Waals surface area contributed by atoms with Crippen molar-refractivity contribution in [2.45, 2.75) is 25.0 Å². The van der Waals surface area contributed by atoms with Crippen molar-refractivity contribution in [2.75, 3.05) is 0 Å². The molecule has 4 rings (SSSR count). The van der Waals surface area contributed by atoms with E-state index in [9.17, 15) is 13.8 Å². The summed E-state index contributed by atoms with van der Waals surface area (Å²) in [5, 5.41) is 15.3. The van der Waals surface area contributed by atoms with Crippen LogP contribution in [0.4, 0.5) is 8.78 Å². The Morgan fingerprint density at radius 2 is 2.06 bits per heavy atom. The van der Waals surface area contributed by atoms with Gasteiger partial charge in [-0.25, -0.2) is 23.4 Å². The summed E-state index contributed by atoms with van der Waals surface area (Å²) < 4.78 is 46.2. The van der Waals surface area contributed by atoms with Gasteiger partial charge in [0.25, 0.3) is 0 Å². The molecule has 0 amide bonds. The summed E-state index contributed by atoms with van der Waals surface area (Å²) in [6.45, 7) is 1.47. The van der Waals surface area contributed by atoms with Gasteiger partial charge in [-0.2, -0.15) is 15.2 Å². The van der Waals surface area contributed by atoms with Gasteiger partial charge in [-0.3, -0.25) is 0 Å². The summed E-state index contributed by atoms with van der Waals surface area (Å²) in [5.41, 5.74) is -0.0680. The number of hydrogen-bond acceptors (Lipinski definition) is 8. The van der Waals surface area contributed by atoms with E-state index >= 15 is 4.39 Å². The van der Waals surface area contributed by atoms with Gasteiger partial charge in [-0.05, 0) is 18.2 Å². The molecule has 0 aliphatic heterocycles. The lowest BCUT2D eigenvalue weighted by atomic mass is 9.82. The van der Waals surface area contributed by atoms with Crippen LogP contribution in [0.15, 0.2) is 60.5 Å². The standard InChI is InChI=1S/C22H16F2N5O4PS/c1-14(21-28-20(10-35-21)16-4-2-15(9-25)3-5-16)22(32-33-34(30)31,11-29-13-26-12-27-29)18-7-6-17(23)8-19(18)24/h2-8,10,12-14H,11H2,1H3/p+1/t14-,22+/m0/s1. The molecule has 0 aliphatic carbocycles. The minimum Gasteiger partial charge on any atom is -0.250 e. The molecule has 0 radical (unpaired) electrons. The van der Waals surface area contributed by atoms with Crippen LogP contribution < -0.4 is 0 Å². The summed E-state index contributed by atoms with van der Waals surface area (Å²) in [6, 6.07) is 11.8. The number of aromatic nitrogens is 4. The molecule has 0 saturated carbocycles. The van der Waals surface area contributed by atoms with Crippen LogP contribution in [0.25, 0.3) is 11.3 Å². The van der Waals surface area contributed by atoms with Gasteiger partial charge < -0.3 is 0 Å². The summed E-state index contributed by atoms with van der Waals surface area (Å²) in [6.07, 6.45) is 2.62. The Kier molecular flexibility index (Phi) is 7.35. The molecule has 0 bridgehead atoms. The summed E-state index contributed by atoms with van der Waals surface area (Å²) >= 11 is 1.25. The topological polar surface area (TPSA) is 123 Å². The third kappa shape index (κ3) is 5.30. The Labute approximate surface area is 203 Å². The number of rotatable bonds is 9. The first-order valence-electron chi connectivity index (χ1n) is 10.1. The quantitative estimate of drug-likeness (QED) is 0.190. The van der Waals surface area contributed by atoms with Crippen molar-refractivity contribution in [3.05, 3.63) is 88.3 Å². The van der Waals surface area contributed by atoms with Crippen LogP contribution in [0.1, 0.15) is 29.0 Å². The molecular weight excluding hydrogens is 499 g/mol. The molecule has 9 nitrogen and oxygen atoms in total. The third-order valence-corrected chi connectivity index (χ3v) is 6.63. The SMILES string of the molecule is C[C@@H](c1nc(-c2ccc(C#N)cc2)cs1)[C@@](Cn1cncn1)(OO[P+](=O)O)c1ccc(F)cc1F. The van der Waals surface area contributed by atoms with Crippen molar-refractivity contribution in [3.63, 3.8) is 0 Å². The van der Waals surface area contributed by atoms with Crippen LogP contribution in [-0.2, 0) is 26.3 Å². The Balaban J connectivity index is 1.82. The molecule has 0 spiro atoms. The Bertz CT molecular complexity index is 1380. The first kappa shape index (κ1) is 24.7. The number of hydrogen-bond donors (Lipinski definition) is 1. The van der Waals surface area contributed by atoms with E-state index < -0.39 is 31.4 Å². The summed E-state index contributed by atoms with van der Waals surface area (Å²) in [4.78, 5) is 23.3. The molecule has 35 heavy (non-hydrogen) atoms. The minimum atomic E-state index is -3.22. The molecule has 1 N–H and O–H groups in total. The van der Waals surface area contributed by atoms with Crippen LogP contribution >= 0.6 is 19.6 Å². The van der Waals surface area contributed by atoms with Gasteiger partial charge in [-0.15, -0.1) is 16.2 Å². The number of thiazole rings is 1. The fourth-order valence-electron chi connectivity index (χ4n) is 3.62. The second-order valence-electron chi connectivity index (χ2n) is 7.48. The largest absolute Gasteiger partial charge is 0.726 e. The van der Waals surface area contributed by atoms with Gasteiger partial charge in [0.2, 0.25) is 0 Å². The zero-order chi connectivity index (χ0) is 25.0. The molecule has 178 valence electrons. The minimum absolute atomic E-state index is 0.131. The van der Waals surface area contributed by atoms with E-state index in [2.05, 4.69) is 25.8 Å². The number of halogens is 2. The number of benzene rings is 2. The number of nitrogens with zero attached hydrogens (tertiary/aromatic N) is 5. The number of nitriles is 1. The first-order chi connectivity index (χ1) is 16.8. The fraction of sp³-hybridized carbons (Fsp3) is 0.182. The molecule has 1 unspecified atom stereocenters. The van der Waals surface area contributed by atoms with E-state index in [1.807, 2.05) is 0 Å². The van der Waals surface area contributed by atoms with Crippen molar-refractivity contribution in [3.8, 4) is 17.3 Å². The van der Waals surface area contributed by atoms with E-state index in [0.29, 0.717) is 22.3 Å². The average molecular weight is 516 g/mol. The van der Waals surface area contributed by atoms with Crippen molar-refractivity contribution in [2.24, 2.45) is 0 Å². The van der Waals surface area contributed by atoms with E-state index in [1.54, 1.807) is 36.6 Å². The monoisotopic (exact) mass is 516 g/mol. The van der Waals surface area contributed by atoms with Crippen molar-refractivity contribution in [1.82, 2.24) is 19.7 Å². The van der Waals surface area contributed by atoms with Crippen LogP contribution in [0.2, 0.25) is 0 Å². The van der Waals surface area contributed by atoms with Crippen LogP contribution in [-0.4, -0.2) is 24.6 Å². The molecule has 13 heteroatoms. The van der Waals surface area contributed by atoms with Gasteiger partial charge in [0.05, 0.1) is 33.6 Å². The van der Waals surface area contributed by atoms with E-state index in [1.165, 1.54) is 34.7 Å². The normalized spacial score (nSPS) is 14.2. The highest BCUT2D eigenvalue weighted by molar-refractivity contribution is 7.31. The predicted molar refractivity (Wildman–Crippen MR) is 121 cm³/mol. The maximum atomic E-state index is 15.1. The zero-order valence-corrected chi connectivity index (χ0v) is 19.8.